The summed E-state index contributed by atoms with van der Waals surface area (Å²) in [7, 11) is 0. The Labute approximate surface area is 857 Å². The first-order valence-electron chi connectivity index (χ1n) is 49.2. The van der Waals surface area contributed by atoms with Crippen molar-refractivity contribution in [3.8, 4) is 189 Å². The van der Waals surface area contributed by atoms with Crippen LogP contribution in [0.2, 0.25) is 0 Å². The van der Waals surface area contributed by atoms with Gasteiger partial charge in [0.15, 0.2) is 52.4 Å². The first-order valence-corrected chi connectivity index (χ1v) is 49.2. The van der Waals surface area contributed by atoms with Crippen LogP contribution in [0.3, 0.4) is 0 Å². The van der Waals surface area contributed by atoms with Crippen molar-refractivity contribution in [3.63, 3.8) is 0 Å². The van der Waals surface area contributed by atoms with E-state index in [0.29, 0.717) is 86.2 Å². The summed E-state index contributed by atoms with van der Waals surface area (Å²) in [5.74, 6) is 4.19. The van der Waals surface area contributed by atoms with Crippen molar-refractivity contribution < 1.29 is 0 Å². The lowest BCUT2D eigenvalue weighted by Gasteiger charge is -2.22. The summed E-state index contributed by atoms with van der Waals surface area (Å²) >= 11 is 0. The third-order valence-electron chi connectivity index (χ3n) is 29.5. The fourth-order valence-electron chi connectivity index (χ4n) is 22.6. The lowest BCUT2D eigenvalue weighted by atomic mass is 9.80. The second-order valence-electron chi connectivity index (χ2n) is 38.4. The summed E-state index contributed by atoms with van der Waals surface area (Å²) in [6.07, 6.45) is 0. The average molecular weight is 1910 g/mol. The molecular weight excluding hydrogens is 1830 g/mol. The Morgan fingerprint density at radius 3 is 0.933 bits per heavy atom. The number of hydrogen-bond acceptors (Lipinski definition) is 15. The second-order valence-corrected chi connectivity index (χ2v) is 38.4. The van der Waals surface area contributed by atoms with E-state index in [9.17, 15) is 31.6 Å². The average Bonchev–Trinajstić information content (AvgIpc) is 1.54. The maximum Gasteiger partial charge on any atom is 0.165 e. The topological polar surface area (TPSA) is 274 Å². The zero-order valence-electron chi connectivity index (χ0n) is 81.2. The van der Waals surface area contributed by atoms with Crippen molar-refractivity contribution >= 4 is 65.4 Å². The Balaban J connectivity index is 0.000000116. The molecule has 18 heteroatoms. The Morgan fingerprint density at radius 2 is 0.523 bits per heavy atom. The predicted molar refractivity (Wildman–Crippen MR) is 588 cm³/mol. The highest BCUT2D eigenvalue weighted by Crippen LogP contribution is 2.57. The van der Waals surface area contributed by atoms with Gasteiger partial charge in [0, 0.05) is 99.1 Å². The van der Waals surface area contributed by atoms with Gasteiger partial charge in [-0.15, -0.1) is 0 Å². The number of rotatable bonds is 12. The SMILES string of the molecule is CC1(C)c2ccccc2-c2c1ccc1c2c2ccccc2n1-c1ccc(-c2nc(-c3ccccc3)nc(-c3ccccc3)n2)c(C#N)c1C#N.CC1(C)c2ccccc2-c2ccc3c(c21)c1ccccc1n3-c1ccc(-c2nc(-c3ccccc3)nc(-c3ccccc3)n2)c(C#N)c1C#N.CC1c2ccccc2-c2cc3c(cc21)c1ccccc1n3-c1ccc(-c2nc(-c3ccccc3)nc(-c3ccccc3)n2)c(C#N)c1C#N. The summed E-state index contributed by atoms with van der Waals surface area (Å²) in [4.78, 5) is 43.6. The van der Waals surface area contributed by atoms with Crippen LogP contribution in [-0.4, -0.2) is 58.6 Å². The van der Waals surface area contributed by atoms with Crippen molar-refractivity contribution in [2.24, 2.45) is 0 Å². The molecule has 696 valence electrons. The van der Waals surface area contributed by atoms with E-state index in [2.05, 4.69) is 242 Å². The van der Waals surface area contributed by atoms with Gasteiger partial charge in [0.25, 0.3) is 0 Å². The van der Waals surface area contributed by atoms with Crippen LogP contribution >= 0.6 is 0 Å². The summed E-state index contributed by atoms with van der Waals surface area (Å²) in [5.41, 5.74) is 30.3. The number of nitrogens with zero attached hydrogens (tertiary/aromatic N) is 18. The van der Waals surface area contributed by atoms with E-state index in [1.54, 1.807) is 0 Å². The molecule has 0 amide bonds. The monoisotopic (exact) mass is 1910 g/mol. The van der Waals surface area contributed by atoms with Crippen LogP contribution in [0, 0.1) is 68.0 Å². The zero-order chi connectivity index (χ0) is 101. The van der Waals surface area contributed by atoms with Gasteiger partial charge in [-0.1, -0.05) is 356 Å². The smallest absolute Gasteiger partial charge is 0.165 e. The highest BCUT2D eigenvalue weighted by Gasteiger charge is 2.41. The lowest BCUT2D eigenvalue weighted by molar-refractivity contribution is 0.661. The minimum atomic E-state index is -0.230. The number of benzene rings is 18. The minimum Gasteiger partial charge on any atom is -0.308 e. The number of nitriles is 6. The van der Waals surface area contributed by atoms with E-state index >= 15 is 0 Å². The minimum absolute atomic E-state index is 0.154. The van der Waals surface area contributed by atoms with Gasteiger partial charge >= 0.3 is 0 Å². The second kappa shape index (κ2) is 36.1. The van der Waals surface area contributed by atoms with Crippen LogP contribution in [0.5, 0.6) is 0 Å². The molecule has 1 atom stereocenters. The molecule has 18 nitrogen and oxygen atoms in total. The van der Waals surface area contributed by atoms with Gasteiger partial charge in [-0.2, -0.15) is 31.6 Å². The maximum absolute atomic E-state index is 10.8. The van der Waals surface area contributed by atoms with Gasteiger partial charge < -0.3 is 13.7 Å². The van der Waals surface area contributed by atoms with E-state index in [1.807, 2.05) is 243 Å². The molecule has 149 heavy (non-hydrogen) atoms. The molecule has 6 heterocycles. The third kappa shape index (κ3) is 14.6. The summed E-state index contributed by atoms with van der Waals surface area (Å²) in [5, 5.41) is 71.2. The molecule has 0 saturated carbocycles. The Kier molecular flexibility index (Phi) is 21.7. The Morgan fingerprint density at radius 1 is 0.215 bits per heavy atom. The number of fused-ring (bicyclic) bond motifs is 20. The van der Waals surface area contributed by atoms with Crippen molar-refractivity contribution in [2.75, 3.05) is 0 Å². The Bertz CT molecular complexity index is 9830. The van der Waals surface area contributed by atoms with Crippen molar-refractivity contribution in [3.05, 3.63) is 467 Å². The normalized spacial score (nSPS) is 12.9. The summed E-state index contributed by atoms with van der Waals surface area (Å²) in [6.45, 7) is 11.4. The molecule has 0 aliphatic heterocycles. The standard InChI is InChI=1S/2C44H28N6.C43H26N6/c1-44(2)35-19-11-9-17-29(35)30-21-24-38-39(40(30)44)32-18-10-12-20-36(32)50(38)37-23-22-31(33(25-45)34(37)26-46)43-48-41(27-13-5-3-6-14-27)47-42(49-43)28-15-7-4-8-16-28;1-44(2)34-19-11-9-17-30(34)39-35(44)22-24-38-40(39)31-18-10-12-20-36(31)50(38)37-23-21-29(32(25-45)33(37)26-46)43-48-41(27-13-5-3-6-14-27)47-42(49-43)28-15-7-4-8-16-28;1-26-29-16-8-9-17-30(29)34-23-40-35(22-33(26)34)31-18-10-11-19-38(31)49(40)39-21-20-32(36(24-44)37(39)25-45)43-47-41(27-12-4-2-5-13-27)46-42(48-43)28-14-6-3-7-15-28/h2*3-24H,1-2H3;2-23,26H,1H3. The van der Waals surface area contributed by atoms with Gasteiger partial charge in [0.05, 0.1) is 83.5 Å². The van der Waals surface area contributed by atoms with E-state index in [-0.39, 0.29) is 50.1 Å². The van der Waals surface area contributed by atoms with Gasteiger partial charge in [0.1, 0.15) is 36.4 Å². The molecule has 0 spiro atoms. The molecule has 0 fully saturated rings. The molecule has 24 aromatic rings. The number of para-hydroxylation sites is 3. The van der Waals surface area contributed by atoms with Gasteiger partial charge in [-0.3, -0.25) is 0 Å². The molecule has 0 radical (unpaired) electrons. The number of aromatic nitrogens is 12. The zero-order valence-corrected chi connectivity index (χ0v) is 81.2. The van der Waals surface area contributed by atoms with Crippen LogP contribution in [0.25, 0.3) is 218 Å². The largest absolute Gasteiger partial charge is 0.308 e. The van der Waals surface area contributed by atoms with Crippen molar-refractivity contribution in [1.29, 1.82) is 31.6 Å². The fourth-order valence-corrected chi connectivity index (χ4v) is 22.6. The van der Waals surface area contributed by atoms with Crippen LogP contribution in [-0.2, 0) is 10.8 Å². The molecule has 1 unspecified atom stereocenters. The first kappa shape index (κ1) is 89.7. The lowest BCUT2D eigenvalue weighted by Crippen LogP contribution is -2.15. The summed E-state index contributed by atoms with van der Waals surface area (Å²) in [6, 6.07) is 148. The molecule has 0 N–H and O–H groups in total. The third-order valence-corrected chi connectivity index (χ3v) is 29.5. The molecule has 6 aromatic heterocycles. The molecule has 3 aliphatic rings. The van der Waals surface area contributed by atoms with Crippen LogP contribution in [0.4, 0.5) is 0 Å². The van der Waals surface area contributed by atoms with Gasteiger partial charge in [0.2, 0.25) is 0 Å². The quantitative estimate of drug-likeness (QED) is 0.110. The molecule has 18 aromatic carbocycles. The molecule has 27 rings (SSSR count). The molecule has 0 saturated heterocycles. The highest BCUT2D eigenvalue weighted by atomic mass is 15.1. The first-order chi connectivity index (χ1) is 73.1. The van der Waals surface area contributed by atoms with Gasteiger partial charge in [-0.05, 0) is 146 Å². The van der Waals surface area contributed by atoms with Crippen LogP contribution in [0.15, 0.2) is 400 Å². The number of hydrogen-bond donors (Lipinski definition) is 0. The van der Waals surface area contributed by atoms with Crippen LogP contribution in [0.1, 0.15) is 107 Å². The van der Waals surface area contributed by atoms with E-state index in [1.165, 1.54) is 66.8 Å². The fraction of sp³-hybridized carbons (Fsp3) is 0.0611. The van der Waals surface area contributed by atoms with E-state index < -0.39 is 0 Å². The summed E-state index contributed by atoms with van der Waals surface area (Å²) < 4.78 is 6.38. The van der Waals surface area contributed by atoms with Crippen molar-refractivity contribution in [1.82, 2.24) is 58.6 Å². The molecule has 3 aliphatic carbocycles. The highest BCUT2D eigenvalue weighted by molar-refractivity contribution is 6.19. The molecular formula is C131H82N18. The molecule has 0 bridgehead atoms. The van der Waals surface area contributed by atoms with E-state index in [0.717, 1.165) is 98.8 Å². The van der Waals surface area contributed by atoms with Crippen molar-refractivity contribution in [2.45, 2.75) is 51.4 Å². The predicted octanol–water partition coefficient (Wildman–Crippen LogP) is 29.9. The van der Waals surface area contributed by atoms with Crippen LogP contribution < -0.4 is 0 Å². The van der Waals surface area contributed by atoms with Gasteiger partial charge in [-0.25, -0.2) is 44.9 Å². The maximum atomic E-state index is 10.8. The Hall–Kier alpha value is -20.7. The van der Waals surface area contributed by atoms with E-state index in [4.69, 9.17) is 44.9 Å².